The molecule has 2 amide bonds. The summed E-state index contributed by atoms with van der Waals surface area (Å²) in [6.45, 7) is 4.04. The number of carbonyl (C=O) groups is 2. The van der Waals surface area contributed by atoms with Crippen molar-refractivity contribution in [2.75, 3.05) is 39.9 Å². The number of benzene rings is 1. The molecule has 1 aliphatic heterocycles. The second-order valence-corrected chi connectivity index (χ2v) is 5.53. The van der Waals surface area contributed by atoms with E-state index >= 15 is 0 Å². The standard InChI is InChI=1S/C17H23N3O4/c1-3-23-16(21)14-11-18-17(22)19-15(14)12-20(2)9-10-24-13-7-5-4-6-8-13/h4-8H,3,9-12H2,1-2H3,(H2,18,19,22)/p+1. The molecule has 0 saturated heterocycles. The van der Waals surface area contributed by atoms with Crippen LogP contribution in [0.5, 0.6) is 5.75 Å². The van der Waals surface area contributed by atoms with E-state index in [-0.39, 0.29) is 12.6 Å². The van der Waals surface area contributed by atoms with Crippen LogP contribution >= 0.6 is 0 Å². The molecule has 7 heteroatoms. The Hall–Kier alpha value is -2.54. The number of carbonyl (C=O) groups excluding carboxylic acids is 2. The van der Waals surface area contributed by atoms with Crippen LogP contribution in [-0.2, 0) is 9.53 Å². The van der Waals surface area contributed by atoms with Gasteiger partial charge in [-0.15, -0.1) is 0 Å². The number of nitrogens with one attached hydrogen (secondary N) is 3. The van der Waals surface area contributed by atoms with Crippen LogP contribution in [-0.4, -0.2) is 51.9 Å². The lowest BCUT2D eigenvalue weighted by atomic mass is 10.1. The summed E-state index contributed by atoms with van der Waals surface area (Å²) in [4.78, 5) is 24.6. The molecule has 0 aliphatic carbocycles. The summed E-state index contributed by atoms with van der Waals surface area (Å²) in [5, 5.41) is 5.31. The minimum absolute atomic E-state index is 0.188. The van der Waals surface area contributed by atoms with E-state index in [0.717, 1.165) is 17.2 Å². The minimum Gasteiger partial charge on any atom is -0.488 e. The average molecular weight is 334 g/mol. The number of urea groups is 1. The maximum Gasteiger partial charge on any atom is 0.337 e. The van der Waals surface area contributed by atoms with E-state index in [0.29, 0.717) is 31.0 Å². The highest BCUT2D eigenvalue weighted by Crippen LogP contribution is 2.08. The molecule has 1 unspecified atom stereocenters. The van der Waals surface area contributed by atoms with E-state index in [4.69, 9.17) is 9.47 Å². The Morgan fingerprint density at radius 2 is 2.04 bits per heavy atom. The summed E-state index contributed by atoms with van der Waals surface area (Å²) in [6.07, 6.45) is 0. The van der Waals surface area contributed by atoms with Gasteiger partial charge in [-0.2, -0.15) is 0 Å². The van der Waals surface area contributed by atoms with Gasteiger partial charge in [0.1, 0.15) is 25.4 Å². The molecule has 0 radical (unpaired) electrons. The van der Waals surface area contributed by atoms with Gasteiger partial charge in [-0.3, -0.25) is 0 Å². The number of hydrogen-bond donors (Lipinski definition) is 3. The van der Waals surface area contributed by atoms with Crippen molar-refractivity contribution in [1.82, 2.24) is 10.6 Å². The quantitative estimate of drug-likeness (QED) is 0.571. The zero-order valence-corrected chi connectivity index (χ0v) is 14.1. The van der Waals surface area contributed by atoms with Gasteiger partial charge >= 0.3 is 12.0 Å². The number of hydrogen-bond acceptors (Lipinski definition) is 4. The van der Waals surface area contributed by atoms with Crippen LogP contribution in [0.1, 0.15) is 6.92 Å². The van der Waals surface area contributed by atoms with Crippen LogP contribution < -0.4 is 20.3 Å². The lowest BCUT2D eigenvalue weighted by molar-refractivity contribution is -0.874. The molecular weight excluding hydrogens is 310 g/mol. The molecule has 1 aromatic carbocycles. The van der Waals surface area contributed by atoms with Gasteiger partial charge < -0.3 is 25.0 Å². The Morgan fingerprint density at radius 1 is 1.29 bits per heavy atom. The summed E-state index contributed by atoms with van der Waals surface area (Å²) in [6, 6.07) is 9.30. The fourth-order valence-electron chi connectivity index (χ4n) is 2.35. The second-order valence-electron chi connectivity index (χ2n) is 5.53. The molecule has 1 aromatic rings. The van der Waals surface area contributed by atoms with Gasteiger partial charge in [-0.25, -0.2) is 9.59 Å². The van der Waals surface area contributed by atoms with Crippen molar-refractivity contribution < 1.29 is 24.0 Å². The Balaban J connectivity index is 1.90. The van der Waals surface area contributed by atoms with Crippen molar-refractivity contribution in [2.45, 2.75) is 6.92 Å². The lowest BCUT2D eigenvalue weighted by Gasteiger charge is -2.23. The molecule has 1 aliphatic rings. The van der Waals surface area contributed by atoms with Gasteiger partial charge in [0, 0.05) is 0 Å². The van der Waals surface area contributed by atoms with Crippen LogP contribution in [0.25, 0.3) is 0 Å². The number of quaternary nitrogens is 1. The van der Waals surface area contributed by atoms with Gasteiger partial charge in [-0.1, -0.05) is 18.2 Å². The fourth-order valence-corrected chi connectivity index (χ4v) is 2.35. The highest BCUT2D eigenvalue weighted by molar-refractivity contribution is 5.93. The SMILES string of the molecule is CCOC(=O)C1=C(C[NH+](C)CCOc2ccccc2)NC(=O)NC1. The maximum absolute atomic E-state index is 12.0. The number of para-hydroxylation sites is 1. The van der Waals surface area contributed by atoms with E-state index in [2.05, 4.69) is 10.6 Å². The van der Waals surface area contributed by atoms with Crippen molar-refractivity contribution in [1.29, 1.82) is 0 Å². The average Bonchev–Trinajstić information content (AvgIpc) is 2.56. The predicted octanol–water partition coefficient (Wildman–Crippen LogP) is -0.290. The smallest absolute Gasteiger partial charge is 0.337 e. The molecule has 1 heterocycles. The molecule has 7 nitrogen and oxygen atoms in total. The number of rotatable bonds is 8. The second kappa shape index (κ2) is 8.93. The summed E-state index contributed by atoms with van der Waals surface area (Å²) in [7, 11) is 1.98. The zero-order valence-electron chi connectivity index (χ0n) is 14.1. The third-order valence-electron chi connectivity index (χ3n) is 3.60. The normalized spacial score (nSPS) is 15.3. The van der Waals surface area contributed by atoms with Crippen molar-refractivity contribution in [3.63, 3.8) is 0 Å². The number of likely N-dealkylation sites (N-methyl/N-ethyl adjacent to an activating group) is 1. The van der Waals surface area contributed by atoms with E-state index in [1.54, 1.807) is 6.92 Å². The molecule has 0 spiro atoms. The number of esters is 1. The molecular formula is C17H24N3O4+. The molecule has 0 fully saturated rings. The van der Waals surface area contributed by atoms with Gasteiger partial charge in [0.05, 0.1) is 31.5 Å². The highest BCUT2D eigenvalue weighted by atomic mass is 16.5. The Bertz CT molecular complexity index is 601. The van der Waals surface area contributed by atoms with Crippen LogP contribution in [0.3, 0.4) is 0 Å². The molecule has 3 N–H and O–H groups in total. The third-order valence-corrected chi connectivity index (χ3v) is 3.60. The minimum atomic E-state index is -0.395. The first-order valence-corrected chi connectivity index (χ1v) is 8.03. The third kappa shape index (κ3) is 5.27. The van der Waals surface area contributed by atoms with E-state index < -0.39 is 5.97 Å². The summed E-state index contributed by atoms with van der Waals surface area (Å²) < 4.78 is 10.7. The van der Waals surface area contributed by atoms with E-state index in [1.165, 1.54) is 0 Å². The Kier molecular flexibility index (Phi) is 6.62. The topological polar surface area (TPSA) is 81.1 Å². The summed E-state index contributed by atoms with van der Waals surface area (Å²) in [5.41, 5.74) is 1.08. The Morgan fingerprint density at radius 3 is 2.75 bits per heavy atom. The molecule has 2 rings (SSSR count). The van der Waals surface area contributed by atoms with Crippen LogP contribution in [0.15, 0.2) is 41.6 Å². The number of amides is 2. The predicted molar refractivity (Wildman–Crippen MR) is 88.8 cm³/mol. The van der Waals surface area contributed by atoms with Gasteiger partial charge in [0.2, 0.25) is 0 Å². The monoisotopic (exact) mass is 334 g/mol. The van der Waals surface area contributed by atoms with Gasteiger partial charge in [0.15, 0.2) is 0 Å². The molecule has 1 atom stereocenters. The summed E-state index contributed by atoms with van der Waals surface area (Å²) in [5.74, 6) is 0.431. The van der Waals surface area contributed by atoms with Crippen molar-refractivity contribution in [3.05, 3.63) is 41.6 Å². The van der Waals surface area contributed by atoms with Crippen molar-refractivity contribution in [3.8, 4) is 5.75 Å². The molecule has 0 bridgehead atoms. The van der Waals surface area contributed by atoms with Gasteiger partial charge in [0.25, 0.3) is 0 Å². The fraction of sp³-hybridized carbons (Fsp3) is 0.412. The zero-order chi connectivity index (χ0) is 17.4. The molecule has 130 valence electrons. The highest BCUT2D eigenvalue weighted by Gasteiger charge is 2.25. The van der Waals surface area contributed by atoms with Crippen LogP contribution in [0.4, 0.5) is 4.79 Å². The molecule has 24 heavy (non-hydrogen) atoms. The van der Waals surface area contributed by atoms with Gasteiger partial charge in [-0.05, 0) is 19.1 Å². The van der Waals surface area contributed by atoms with Crippen LogP contribution in [0.2, 0.25) is 0 Å². The first kappa shape index (κ1) is 17.8. The lowest BCUT2D eigenvalue weighted by Crippen LogP contribution is -3.10. The Labute approximate surface area is 141 Å². The van der Waals surface area contributed by atoms with Crippen molar-refractivity contribution in [2.24, 2.45) is 0 Å². The van der Waals surface area contributed by atoms with E-state index in [9.17, 15) is 9.59 Å². The largest absolute Gasteiger partial charge is 0.488 e. The first-order valence-electron chi connectivity index (χ1n) is 8.03. The van der Waals surface area contributed by atoms with Crippen LogP contribution in [0, 0.1) is 0 Å². The molecule has 0 saturated carbocycles. The van der Waals surface area contributed by atoms with Crippen molar-refractivity contribution >= 4 is 12.0 Å². The summed E-state index contributed by atoms with van der Waals surface area (Å²) >= 11 is 0. The van der Waals surface area contributed by atoms with E-state index in [1.807, 2.05) is 37.4 Å². The maximum atomic E-state index is 12.0. The number of ether oxygens (including phenoxy) is 2. The molecule has 0 aromatic heterocycles. The first-order chi connectivity index (χ1) is 11.6.